The van der Waals surface area contributed by atoms with Crippen molar-refractivity contribution in [2.75, 3.05) is 25.6 Å². The molecule has 2 heterocycles. The fraction of sp³-hybridized carbons (Fsp3) is 0.136. The zero-order chi connectivity index (χ0) is 21.8. The van der Waals surface area contributed by atoms with Gasteiger partial charge in [-0.3, -0.25) is 0 Å². The summed E-state index contributed by atoms with van der Waals surface area (Å²) in [6.07, 6.45) is 1.70. The number of benzene rings is 2. The fourth-order valence-corrected chi connectivity index (χ4v) is 4.07. The van der Waals surface area contributed by atoms with E-state index in [-0.39, 0.29) is 0 Å². The summed E-state index contributed by atoms with van der Waals surface area (Å²) in [4.78, 5) is 17.2. The number of nitrogens with zero attached hydrogens (tertiary/aromatic N) is 3. The third-order valence-electron chi connectivity index (χ3n) is 4.50. The molecule has 2 N–H and O–H groups in total. The average Bonchev–Trinajstić information content (AvgIpc) is 3.19. The van der Waals surface area contributed by atoms with Crippen LogP contribution in [0.1, 0.15) is 0 Å². The van der Waals surface area contributed by atoms with Crippen LogP contribution in [0.3, 0.4) is 0 Å². The Balaban J connectivity index is 1.85. The number of methoxy groups -OCH3 is 1. The molecule has 4 aromatic rings. The molecular formula is C22H18BrCl2N5O. The van der Waals surface area contributed by atoms with Crippen molar-refractivity contribution < 1.29 is 4.74 Å². The maximum atomic E-state index is 6.44. The highest BCUT2D eigenvalue weighted by molar-refractivity contribution is 9.10. The molecule has 0 amide bonds. The van der Waals surface area contributed by atoms with Crippen molar-refractivity contribution in [3.63, 3.8) is 0 Å². The van der Waals surface area contributed by atoms with E-state index in [1.165, 1.54) is 0 Å². The Bertz CT molecular complexity index is 1190. The largest absolute Gasteiger partial charge is 0.383 e. The topological polar surface area (TPSA) is 75.7 Å². The number of hydrogen-bond donors (Lipinski definition) is 2. The summed E-state index contributed by atoms with van der Waals surface area (Å²) in [7, 11) is 1.65. The Morgan fingerprint density at radius 1 is 1.06 bits per heavy atom. The number of aromatic nitrogens is 4. The Morgan fingerprint density at radius 2 is 1.84 bits per heavy atom. The molecule has 0 atom stereocenters. The maximum Gasteiger partial charge on any atom is 0.223 e. The van der Waals surface area contributed by atoms with Crippen LogP contribution >= 0.6 is 39.1 Å². The molecule has 0 aliphatic heterocycles. The Labute approximate surface area is 198 Å². The summed E-state index contributed by atoms with van der Waals surface area (Å²) < 4.78 is 6.02. The van der Waals surface area contributed by atoms with Crippen molar-refractivity contribution in [1.82, 2.24) is 19.9 Å². The van der Waals surface area contributed by atoms with Gasteiger partial charge in [-0.15, -0.1) is 0 Å². The van der Waals surface area contributed by atoms with Gasteiger partial charge in [0, 0.05) is 29.9 Å². The molecule has 0 aliphatic rings. The molecule has 0 unspecified atom stereocenters. The molecule has 4 rings (SSSR count). The first-order valence-electron chi connectivity index (χ1n) is 9.43. The lowest BCUT2D eigenvalue weighted by Crippen LogP contribution is -2.10. The maximum absolute atomic E-state index is 6.44. The molecule has 2 aromatic heterocycles. The van der Waals surface area contributed by atoms with Crippen molar-refractivity contribution in [1.29, 1.82) is 0 Å². The molecule has 0 fully saturated rings. The Kier molecular flexibility index (Phi) is 6.87. The molecule has 0 saturated heterocycles. The summed E-state index contributed by atoms with van der Waals surface area (Å²) in [5.74, 6) is 1.06. The van der Waals surface area contributed by atoms with Crippen molar-refractivity contribution in [2.24, 2.45) is 0 Å². The molecule has 0 saturated carbocycles. The normalized spacial score (nSPS) is 11.0. The fourth-order valence-electron chi connectivity index (χ4n) is 3.09. The first kappa shape index (κ1) is 21.8. The number of anilines is 1. The molecule has 0 spiro atoms. The van der Waals surface area contributed by atoms with Gasteiger partial charge < -0.3 is 15.0 Å². The number of nitrogens with one attached hydrogen (secondary N) is 2. The van der Waals surface area contributed by atoms with Crippen LogP contribution in [0.4, 0.5) is 5.95 Å². The molecule has 31 heavy (non-hydrogen) atoms. The number of ether oxygens (including phenoxy) is 1. The van der Waals surface area contributed by atoms with E-state index in [9.17, 15) is 0 Å². The monoisotopic (exact) mass is 517 g/mol. The zero-order valence-electron chi connectivity index (χ0n) is 16.5. The van der Waals surface area contributed by atoms with Gasteiger partial charge in [0.1, 0.15) is 5.82 Å². The first-order valence-corrected chi connectivity index (χ1v) is 11.0. The summed E-state index contributed by atoms with van der Waals surface area (Å²) >= 11 is 16.4. The minimum atomic E-state index is 0.502. The number of rotatable bonds is 7. The number of halogens is 3. The van der Waals surface area contributed by atoms with Crippen LogP contribution in [0.15, 0.2) is 59.2 Å². The van der Waals surface area contributed by atoms with E-state index in [4.69, 9.17) is 32.9 Å². The third kappa shape index (κ3) is 4.91. The molecular weight excluding hydrogens is 501 g/mol. The van der Waals surface area contributed by atoms with E-state index in [1.807, 2.05) is 30.3 Å². The molecule has 6 nitrogen and oxygen atoms in total. The van der Waals surface area contributed by atoms with Crippen LogP contribution < -0.4 is 5.32 Å². The van der Waals surface area contributed by atoms with Crippen LogP contribution in [0.2, 0.25) is 10.0 Å². The van der Waals surface area contributed by atoms with E-state index < -0.39 is 0 Å². The van der Waals surface area contributed by atoms with Gasteiger partial charge in [-0.1, -0.05) is 57.3 Å². The molecule has 9 heteroatoms. The molecule has 0 bridgehead atoms. The number of imidazole rings is 1. The second-order valence-corrected chi connectivity index (χ2v) is 8.33. The van der Waals surface area contributed by atoms with Gasteiger partial charge in [-0.2, -0.15) is 0 Å². The molecule has 0 aliphatic carbocycles. The highest BCUT2D eigenvalue weighted by Gasteiger charge is 2.20. The van der Waals surface area contributed by atoms with Crippen LogP contribution in [0.5, 0.6) is 0 Å². The summed E-state index contributed by atoms with van der Waals surface area (Å²) in [6, 6.07) is 15.1. The van der Waals surface area contributed by atoms with Crippen LogP contribution in [0, 0.1) is 0 Å². The lowest BCUT2D eigenvalue weighted by atomic mass is 10.1. The van der Waals surface area contributed by atoms with Gasteiger partial charge in [-0.05, 0) is 30.3 Å². The lowest BCUT2D eigenvalue weighted by molar-refractivity contribution is 0.210. The molecule has 0 radical (unpaired) electrons. The molecule has 158 valence electrons. The quantitative estimate of drug-likeness (QED) is 0.279. The van der Waals surface area contributed by atoms with E-state index >= 15 is 0 Å². The van der Waals surface area contributed by atoms with Gasteiger partial charge in [0.2, 0.25) is 5.95 Å². The second kappa shape index (κ2) is 9.78. The summed E-state index contributed by atoms with van der Waals surface area (Å²) in [6.45, 7) is 1.15. The SMILES string of the molecule is COCCNc1nccc(-c2[nH]c(-c3c(Cl)cccc3Cl)nc2-c2cccc(Br)c2)n1. The minimum absolute atomic E-state index is 0.502. The van der Waals surface area contributed by atoms with Crippen molar-refractivity contribution in [3.05, 3.63) is 69.2 Å². The standard InChI is InChI=1S/C22H18BrCl2N5O/c1-31-11-10-27-22-26-9-8-17(28-22)20-19(13-4-2-5-14(23)12-13)29-21(30-20)18-15(24)6-3-7-16(18)25/h2-9,12H,10-11H2,1H3,(H,29,30)(H,26,27,28). The molecule has 2 aromatic carbocycles. The number of aromatic amines is 1. The Hall–Kier alpha value is -2.45. The van der Waals surface area contributed by atoms with Crippen LogP contribution in [-0.4, -0.2) is 40.2 Å². The van der Waals surface area contributed by atoms with Gasteiger partial charge in [0.25, 0.3) is 0 Å². The van der Waals surface area contributed by atoms with Crippen molar-refractivity contribution in [2.45, 2.75) is 0 Å². The van der Waals surface area contributed by atoms with Gasteiger partial charge in [0.05, 0.1) is 39.3 Å². The van der Waals surface area contributed by atoms with Crippen molar-refractivity contribution in [3.8, 4) is 34.0 Å². The smallest absolute Gasteiger partial charge is 0.223 e. The number of H-pyrrole nitrogens is 1. The highest BCUT2D eigenvalue weighted by Crippen LogP contribution is 2.38. The van der Waals surface area contributed by atoms with Gasteiger partial charge in [0.15, 0.2) is 0 Å². The third-order valence-corrected chi connectivity index (χ3v) is 5.63. The van der Waals surface area contributed by atoms with Crippen molar-refractivity contribution >= 4 is 45.1 Å². The zero-order valence-corrected chi connectivity index (χ0v) is 19.6. The lowest BCUT2D eigenvalue weighted by Gasteiger charge is -2.07. The first-order chi connectivity index (χ1) is 15.1. The summed E-state index contributed by atoms with van der Waals surface area (Å²) in [5.41, 5.74) is 3.71. The number of hydrogen-bond acceptors (Lipinski definition) is 5. The van der Waals surface area contributed by atoms with Gasteiger partial charge >= 0.3 is 0 Å². The van der Waals surface area contributed by atoms with Crippen LogP contribution in [-0.2, 0) is 4.74 Å². The van der Waals surface area contributed by atoms with E-state index in [1.54, 1.807) is 31.5 Å². The Morgan fingerprint density at radius 3 is 2.58 bits per heavy atom. The average molecular weight is 519 g/mol. The minimum Gasteiger partial charge on any atom is -0.383 e. The van der Waals surface area contributed by atoms with Gasteiger partial charge in [-0.25, -0.2) is 15.0 Å². The predicted octanol–water partition coefficient (Wildman–Crippen LogP) is 6.33. The highest BCUT2D eigenvalue weighted by atomic mass is 79.9. The van der Waals surface area contributed by atoms with E-state index in [2.05, 4.69) is 36.2 Å². The second-order valence-electron chi connectivity index (χ2n) is 6.60. The van der Waals surface area contributed by atoms with Crippen LogP contribution in [0.25, 0.3) is 34.0 Å². The predicted molar refractivity (Wildman–Crippen MR) is 129 cm³/mol. The van der Waals surface area contributed by atoms with E-state index in [0.717, 1.165) is 21.4 Å². The van der Waals surface area contributed by atoms with E-state index in [0.29, 0.717) is 46.2 Å². The summed E-state index contributed by atoms with van der Waals surface area (Å²) in [5, 5.41) is 4.17.